The van der Waals surface area contributed by atoms with Gasteiger partial charge in [-0.05, 0) is 19.9 Å². The van der Waals surface area contributed by atoms with E-state index in [1.807, 2.05) is 19.9 Å². The van der Waals surface area contributed by atoms with Crippen LogP contribution in [-0.4, -0.2) is 28.8 Å². The molecule has 0 aliphatic carbocycles. The van der Waals surface area contributed by atoms with E-state index < -0.39 is 5.41 Å². The van der Waals surface area contributed by atoms with Gasteiger partial charge in [-0.25, -0.2) is 9.97 Å². The molecule has 0 fully saturated rings. The molecule has 15 heavy (non-hydrogen) atoms. The second-order valence-electron chi connectivity index (χ2n) is 3.71. The third kappa shape index (κ3) is 3.51. The van der Waals surface area contributed by atoms with Crippen molar-refractivity contribution < 1.29 is 9.53 Å². The van der Waals surface area contributed by atoms with E-state index >= 15 is 0 Å². The molecule has 4 nitrogen and oxygen atoms in total. The van der Waals surface area contributed by atoms with Gasteiger partial charge in [-0.15, -0.1) is 11.8 Å². The molecule has 0 amide bonds. The fraction of sp³-hybridized carbons (Fsp3) is 0.500. The first-order valence-corrected chi connectivity index (χ1v) is 5.52. The molecule has 0 radical (unpaired) electrons. The van der Waals surface area contributed by atoms with Crippen molar-refractivity contribution in [2.75, 3.05) is 12.9 Å². The zero-order valence-electron chi connectivity index (χ0n) is 9.06. The Morgan fingerprint density at radius 1 is 1.60 bits per heavy atom. The fourth-order valence-corrected chi connectivity index (χ4v) is 1.86. The Morgan fingerprint density at radius 3 is 2.87 bits per heavy atom. The van der Waals surface area contributed by atoms with Gasteiger partial charge in [-0.2, -0.15) is 0 Å². The van der Waals surface area contributed by atoms with Gasteiger partial charge in [0.1, 0.15) is 6.33 Å². The summed E-state index contributed by atoms with van der Waals surface area (Å²) in [5, 5.41) is 0.863. The van der Waals surface area contributed by atoms with Crippen LogP contribution in [0.2, 0.25) is 0 Å². The van der Waals surface area contributed by atoms with E-state index in [1.54, 1.807) is 6.20 Å². The number of rotatable bonds is 4. The van der Waals surface area contributed by atoms with Crippen LogP contribution in [-0.2, 0) is 9.53 Å². The molecule has 1 heterocycles. The molecule has 0 spiro atoms. The minimum absolute atomic E-state index is 0.205. The number of nitrogens with zero attached hydrogens (tertiary/aromatic N) is 2. The standard InChI is InChI=1S/C10H14N2O2S/c1-10(2,9(13)14-3)6-15-8-4-5-11-7-12-8/h4-5,7H,6H2,1-3H3. The van der Waals surface area contributed by atoms with Gasteiger partial charge in [0.2, 0.25) is 0 Å². The highest BCUT2D eigenvalue weighted by Crippen LogP contribution is 2.26. The van der Waals surface area contributed by atoms with Gasteiger partial charge in [0.05, 0.1) is 17.6 Å². The van der Waals surface area contributed by atoms with Crippen molar-refractivity contribution in [2.45, 2.75) is 18.9 Å². The second-order valence-corrected chi connectivity index (χ2v) is 4.71. The van der Waals surface area contributed by atoms with E-state index in [0.29, 0.717) is 5.75 Å². The summed E-state index contributed by atoms with van der Waals surface area (Å²) in [5.41, 5.74) is -0.496. The van der Waals surface area contributed by atoms with Gasteiger partial charge in [0, 0.05) is 11.9 Å². The van der Waals surface area contributed by atoms with Crippen LogP contribution in [0.15, 0.2) is 23.6 Å². The van der Waals surface area contributed by atoms with Crippen molar-refractivity contribution >= 4 is 17.7 Å². The lowest BCUT2D eigenvalue weighted by Gasteiger charge is -2.20. The predicted octanol–water partition coefficient (Wildman–Crippen LogP) is 1.77. The Balaban J connectivity index is 2.53. The molecular weight excluding hydrogens is 212 g/mol. The van der Waals surface area contributed by atoms with Crippen LogP contribution >= 0.6 is 11.8 Å². The molecule has 0 saturated carbocycles. The van der Waals surface area contributed by atoms with Crippen LogP contribution in [0.5, 0.6) is 0 Å². The van der Waals surface area contributed by atoms with Crippen molar-refractivity contribution in [3.63, 3.8) is 0 Å². The molecule has 1 rings (SSSR count). The molecule has 0 N–H and O–H groups in total. The second kappa shape index (κ2) is 5.11. The van der Waals surface area contributed by atoms with E-state index in [2.05, 4.69) is 9.97 Å². The number of carbonyl (C=O) groups excluding carboxylic acids is 1. The molecular formula is C10H14N2O2S. The number of ether oxygens (including phenoxy) is 1. The van der Waals surface area contributed by atoms with Crippen molar-refractivity contribution in [1.82, 2.24) is 9.97 Å². The number of thioether (sulfide) groups is 1. The highest BCUT2D eigenvalue weighted by atomic mass is 32.2. The monoisotopic (exact) mass is 226 g/mol. The first kappa shape index (κ1) is 12.0. The molecule has 0 unspecified atom stereocenters. The van der Waals surface area contributed by atoms with Gasteiger partial charge < -0.3 is 4.74 Å². The maximum atomic E-state index is 11.4. The van der Waals surface area contributed by atoms with Crippen molar-refractivity contribution in [3.05, 3.63) is 18.6 Å². The maximum absolute atomic E-state index is 11.4. The maximum Gasteiger partial charge on any atom is 0.312 e. The Hall–Kier alpha value is -1.10. The molecule has 0 aromatic carbocycles. The number of aromatic nitrogens is 2. The van der Waals surface area contributed by atoms with Crippen molar-refractivity contribution in [1.29, 1.82) is 0 Å². The molecule has 82 valence electrons. The lowest BCUT2D eigenvalue weighted by molar-refractivity contribution is -0.149. The Labute approximate surface area is 93.5 Å². The molecule has 0 saturated heterocycles. The molecule has 1 aromatic rings. The molecule has 5 heteroatoms. The van der Waals surface area contributed by atoms with Crippen LogP contribution in [0.1, 0.15) is 13.8 Å². The average Bonchev–Trinajstić information content (AvgIpc) is 2.27. The summed E-state index contributed by atoms with van der Waals surface area (Å²) in [6.45, 7) is 3.71. The van der Waals surface area contributed by atoms with Gasteiger partial charge >= 0.3 is 5.97 Å². The number of esters is 1. The van der Waals surface area contributed by atoms with Crippen LogP contribution < -0.4 is 0 Å². The smallest absolute Gasteiger partial charge is 0.312 e. The first-order valence-electron chi connectivity index (χ1n) is 4.53. The van der Waals surface area contributed by atoms with Crippen LogP contribution in [0.4, 0.5) is 0 Å². The summed E-state index contributed by atoms with van der Waals surface area (Å²) in [5.74, 6) is 0.431. The molecule has 0 aliphatic heterocycles. The fourth-order valence-electron chi connectivity index (χ4n) is 0.954. The van der Waals surface area contributed by atoms with E-state index in [-0.39, 0.29) is 5.97 Å². The summed E-state index contributed by atoms with van der Waals surface area (Å²) in [6.07, 6.45) is 3.17. The average molecular weight is 226 g/mol. The number of methoxy groups -OCH3 is 1. The van der Waals surface area contributed by atoms with Crippen molar-refractivity contribution in [3.8, 4) is 0 Å². The van der Waals surface area contributed by atoms with E-state index in [0.717, 1.165) is 5.03 Å². The topological polar surface area (TPSA) is 52.1 Å². The molecule has 0 bridgehead atoms. The van der Waals surface area contributed by atoms with Gasteiger partial charge in [0.15, 0.2) is 0 Å². The summed E-state index contributed by atoms with van der Waals surface area (Å²) in [4.78, 5) is 19.3. The SMILES string of the molecule is COC(=O)C(C)(C)CSc1ccncn1. The normalized spacial score (nSPS) is 11.1. The zero-order valence-corrected chi connectivity index (χ0v) is 9.87. The lowest BCUT2D eigenvalue weighted by atomic mass is 9.97. The predicted molar refractivity (Wildman–Crippen MR) is 58.6 cm³/mol. The number of hydrogen-bond donors (Lipinski definition) is 0. The zero-order chi connectivity index (χ0) is 11.3. The third-order valence-corrected chi connectivity index (χ3v) is 3.28. The largest absolute Gasteiger partial charge is 0.469 e. The summed E-state index contributed by atoms with van der Waals surface area (Å²) < 4.78 is 4.72. The van der Waals surface area contributed by atoms with E-state index in [1.165, 1.54) is 25.2 Å². The molecule has 1 aromatic heterocycles. The Bertz CT molecular complexity index is 327. The summed E-state index contributed by atoms with van der Waals surface area (Å²) >= 11 is 1.52. The first-order chi connectivity index (χ1) is 7.06. The van der Waals surface area contributed by atoms with Gasteiger partial charge in [-0.1, -0.05) is 0 Å². The van der Waals surface area contributed by atoms with E-state index in [9.17, 15) is 4.79 Å². The lowest BCUT2D eigenvalue weighted by Crippen LogP contribution is -2.28. The number of hydrogen-bond acceptors (Lipinski definition) is 5. The minimum atomic E-state index is -0.496. The van der Waals surface area contributed by atoms with Gasteiger partial charge in [0.25, 0.3) is 0 Å². The summed E-state index contributed by atoms with van der Waals surface area (Å²) in [7, 11) is 1.40. The minimum Gasteiger partial charge on any atom is -0.469 e. The van der Waals surface area contributed by atoms with Crippen LogP contribution in [0.3, 0.4) is 0 Å². The Morgan fingerprint density at radius 2 is 2.33 bits per heavy atom. The Kier molecular flexibility index (Phi) is 4.08. The van der Waals surface area contributed by atoms with Gasteiger partial charge in [-0.3, -0.25) is 4.79 Å². The summed E-state index contributed by atoms with van der Waals surface area (Å²) in [6, 6.07) is 1.82. The third-order valence-electron chi connectivity index (χ3n) is 1.87. The van der Waals surface area contributed by atoms with Crippen LogP contribution in [0.25, 0.3) is 0 Å². The molecule has 0 aliphatic rings. The number of carbonyl (C=O) groups is 1. The molecule has 0 atom stereocenters. The highest BCUT2D eigenvalue weighted by Gasteiger charge is 2.28. The van der Waals surface area contributed by atoms with Crippen molar-refractivity contribution in [2.24, 2.45) is 5.41 Å². The van der Waals surface area contributed by atoms with Crippen LogP contribution in [0, 0.1) is 5.41 Å². The van der Waals surface area contributed by atoms with E-state index in [4.69, 9.17) is 4.74 Å². The highest BCUT2D eigenvalue weighted by molar-refractivity contribution is 7.99. The quantitative estimate of drug-likeness (QED) is 0.445.